The molecule has 402 valence electrons. The topological polar surface area (TPSA) is 255 Å². The van der Waals surface area contributed by atoms with Gasteiger partial charge in [-0.3, -0.25) is 24.5 Å². The Morgan fingerprint density at radius 1 is 0.893 bits per heavy atom. The van der Waals surface area contributed by atoms with Crippen LogP contribution >= 0.6 is 0 Å². The highest BCUT2D eigenvalue weighted by molar-refractivity contribution is 6.47. The lowest BCUT2D eigenvalue weighted by molar-refractivity contribution is -0.199. The van der Waals surface area contributed by atoms with E-state index in [1.54, 1.807) is 43.3 Å². The minimum Gasteiger partial charge on any atom is -0.492 e. The minimum absolute atomic E-state index is 0.0846. The van der Waals surface area contributed by atoms with Crippen molar-refractivity contribution in [3.05, 3.63) is 107 Å². The third kappa shape index (κ3) is 11.8. The number of aryl methyl sites for hydroxylation is 1. The number of rotatable bonds is 18. The van der Waals surface area contributed by atoms with E-state index in [0.717, 1.165) is 43.2 Å². The predicted molar refractivity (Wildman–Crippen MR) is 289 cm³/mol. The van der Waals surface area contributed by atoms with E-state index >= 15 is 0 Å². The summed E-state index contributed by atoms with van der Waals surface area (Å²) in [6.45, 7) is 12.8. The highest BCUT2D eigenvalue weighted by Crippen LogP contribution is 2.65. The van der Waals surface area contributed by atoms with Gasteiger partial charge < -0.3 is 61.9 Å². The number of ether oxygens (including phenoxy) is 2. The van der Waals surface area contributed by atoms with Gasteiger partial charge in [0, 0.05) is 43.4 Å². The van der Waals surface area contributed by atoms with Crippen LogP contribution in [0.4, 0.5) is 0 Å². The molecule has 3 aliphatic carbocycles. The first kappa shape index (κ1) is 55.4. The molecule has 4 aromatic carbocycles. The molecule has 11 N–H and O–H groups in total. The first-order chi connectivity index (χ1) is 35.9. The quantitative estimate of drug-likeness (QED) is 0.0645. The van der Waals surface area contributed by atoms with Gasteiger partial charge >= 0.3 is 7.12 Å². The maximum Gasteiger partial charge on any atom is 0.481 e. The van der Waals surface area contributed by atoms with Gasteiger partial charge in [-0.15, -0.1) is 0 Å². The Morgan fingerprint density at radius 2 is 1.53 bits per heavy atom. The van der Waals surface area contributed by atoms with Crippen molar-refractivity contribution in [1.29, 1.82) is 0 Å². The van der Waals surface area contributed by atoms with Crippen LogP contribution in [0.2, 0.25) is 0 Å². The highest BCUT2D eigenvalue weighted by Gasteiger charge is 2.68. The maximum atomic E-state index is 14.9. The van der Waals surface area contributed by atoms with E-state index in [0.29, 0.717) is 51.2 Å². The van der Waals surface area contributed by atoms with E-state index in [-0.39, 0.29) is 50.8 Å². The van der Waals surface area contributed by atoms with E-state index in [1.807, 2.05) is 31.2 Å². The number of carbonyl (C=O) groups is 4. The summed E-state index contributed by atoms with van der Waals surface area (Å²) < 4.78 is 25.7. The number of amides is 4. The van der Waals surface area contributed by atoms with Crippen molar-refractivity contribution in [2.75, 3.05) is 39.9 Å². The van der Waals surface area contributed by atoms with Crippen LogP contribution in [0, 0.1) is 17.3 Å². The second-order valence-electron chi connectivity index (χ2n) is 21.7. The minimum atomic E-state index is -1.46. The Hall–Kier alpha value is -5.86. The summed E-state index contributed by atoms with van der Waals surface area (Å²) in [5.74, 6) is -1.07. The lowest BCUT2D eigenvalue weighted by atomic mass is 9.43. The third-order valence-corrected chi connectivity index (χ3v) is 16.2. The molecule has 75 heavy (non-hydrogen) atoms. The molecule has 3 saturated carbocycles. The third-order valence-electron chi connectivity index (χ3n) is 16.2. The lowest BCUT2D eigenvalue weighted by Gasteiger charge is -2.64. The number of nitrogens with one attached hydrogen (secondary N) is 4. The van der Waals surface area contributed by atoms with Crippen LogP contribution in [-0.2, 0) is 36.5 Å². The second-order valence-corrected chi connectivity index (χ2v) is 21.7. The molecular formula is C57H77BN8O9. The number of fused-ring (bicyclic) bond motifs is 5. The molecule has 0 spiro atoms. The number of carbonyl (C=O) groups excluding carboxylic acids is 4. The zero-order valence-corrected chi connectivity index (χ0v) is 44.5. The Labute approximate surface area is 441 Å². The molecule has 2 aliphatic heterocycles. The van der Waals surface area contributed by atoms with E-state index in [2.05, 4.69) is 73.2 Å². The summed E-state index contributed by atoms with van der Waals surface area (Å²) in [5, 5.41) is 23.7. The number of hydrogen-bond acceptors (Lipinski definition) is 13. The summed E-state index contributed by atoms with van der Waals surface area (Å²) in [7, 11) is 0.768. The molecule has 1 saturated heterocycles. The molecule has 0 aromatic heterocycles. The monoisotopic (exact) mass is 1030 g/mol. The molecule has 18 heteroatoms. The summed E-state index contributed by atoms with van der Waals surface area (Å²) in [6, 6.07) is 21.5. The second kappa shape index (κ2) is 23.6. The number of aliphatic hydroxyl groups excluding tert-OH is 1. The Morgan fingerprint density at radius 3 is 2.16 bits per heavy atom. The predicted octanol–water partition coefficient (Wildman–Crippen LogP) is 4.40. The molecular weight excluding hydrogens is 951 g/mol. The van der Waals surface area contributed by atoms with Gasteiger partial charge in [0.2, 0.25) is 17.7 Å². The van der Waals surface area contributed by atoms with Crippen LogP contribution in [0.15, 0.2) is 84.9 Å². The number of nitrogens with two attached hydrogens (primary N) is 3. The first-order valence-corrected chi connectivity index (χ1v) is 26.7. The number of unbranched alkanes of at least 4 members (excludes halogenated alkanes) is 1. The molecule has 17 nitrogen and oxygen atoms in total. The normalized spacial score (nSPS) is 25.6. The van der Waals surface area contributed by atoms with E-state index in [9.17, 15) is 24.3 Å². The first-order valence-electron chi connectivity index (χ1n) is 26.7. The molecule has 9 rings (SSSR count). The number of likely N-dealkylation sites (N-methyl/N-ethyl adjacent to an activating group) is 1. The Bertz CT molecular complexity index is 2670. The largest absolute Gasteiger partial charge is 0.492 e. The van der Waals surface area contributed by atoms with Crippen LogP contribution in [0.3, 0.4) is 0 Å². The van der Waals surface area contributed by atoms with Crippen LogP contribution in [0.25, 0.3) is 22.3 Å². The molecule has 0 radical (unpaired) electrons. The zero-order chi connectivity index (χ0) is 53.8. The highest BCUT2D eigenvalue weighted by atomic mass is 16.7. The van der Waals surface area contributed by atoms with Crippen molar-refractivity contribution in [2.24, 2.45) is 34.5 Å². The van der Waals surface area contributed by atoms with Crippen molar-refractivity contribution in [1.82, 2.24) is 26.2 Å². The van der Waals surface area contributed by atoms with Gasteiger partial charge in [0.1, 0.15) is 43.0 Å². The molecule has 5 aliphatic rings. The number of nitrogens with zero attached hydrogens (tertiary/aromatic N) is 1. The van der Waals surface area contributed by atoms with Crippen LogP contribution in [0.5, 0.6) is 11.5 Å². The molecule has 4 fully saturated rings. The average molecular weight is 1030 g/mol. The molecule has 4 amide bonds. The SMILES string of the molecule is CCCCc1ccc(-c2ccc(C(=O)NC(CN)C(=O)N(C)C3C(=O)NC(C)C(O)NC(C(=O)NC(C)B4OC5CC6CC(C6(C)C)C5(C)O4)Cc4ccc(OCCN)c(c4)-c4cc3ccc4OCCN)cc2)cc1. The number of hydrogen-bond donors (Lipinski definition) is 8. The van der Waals surface area contributed by atoms with E-state index < -0.39 is 72.7 Å². The fraction of sp³-hybridized carbons (Fsp3) is 0.509. The molecule has 4 aromatic rings. The van der Waals surface area contributed by atoms with Gasteiger partial charge in [-0.2, -0.15) is 0 Å². The van der Waals surface area contributed by atoms with Gasteiger partial charge in [-0.25, -0.2) is 0 Å². The summed E-state index contributed by atoms with van der Waals surface area (Å²) in [6.07, 6.45) is 3.81. The smallest absolute Gasteiger partial charge is 0.481 e. The van der Waals surface area contributed by atoms with Gasteiger partial charge in [0.05, 0.1) is 29.7 Å². The Kier molecular flexibility index (Phi) is 17.4. The molecule has 2 heterocycles. The van der Waals surface area contributed by atoms with Crippen molar-refractivity contribution in [3.8, 4) is 33.8 Å². The van der Waals surface area contributed by atoms with E-state index in [1.165, 1.54) is 17.5 Å². The van der Waals surface area contributed by atoms with Crippen molar-refractivity contribution in [3.63, 3.8) is 0 Å². The van der Waals surface area contributed by atoms with Crippen molar-refractivity contribution < 1.29 is 43.1 Å². The Balaban J connectivity index is 1.07. The van der Waals surface area contributed by atoms with Crippen molar-refractivity contribution in [2.45, 2.75) is 128 Å². The van der Waals surface area contributed by atoms with Crippen LogP contribution in [-0.4, -0.2) is 123 Å². The fourth-order valence-corrected chi connectivity index (χ4v) is 11.6. The summed E-state index contributed by atoms with van der Waals surface area (Å²) >= 11 is 0. The van der Waals surface area contributed by atoms with Gasteiger partial charge in [-0.1, -0.05) is 75.7 Å². The summed E-state index contributed by atoms with van der Waals surface area (Å²) in [5.41, 5.74) is 23.4. The number of aliphatic hydroxyl groups is 1. The average Bonchev–Trinajstić information content (AvgIpc) is 3.84. The maximum absolute atomic E-state index is 14.9. The molecule has 10 unspecified atom stereocenters. The van der Waals surface area contributed by atoms with Crippen molar-refractivity contribution >= 4 is 30.7 Å². The van der Waals surface area contributed by atoms with Crippen LogP contribution in [0.1, 0.15) is 100 Å². The van der Waals surface area contributed by atoms with Gasteiger partial charge in [0.25, 0.3) is 5.91 Å². The molecule has 6 bridgehead atoms. The van der Waals surface area contributed by atoms with Gasteiger partial charge in [-0.05, 0) is 134 Å². The molecule has 10 atom stereocenters. The van der Waals surface area contributed by atoms with Crippen LogP contribution < -0.4 is 47.9 Å². The number of benzene rings is 4. The lowest BCUT2D eigenvalue weighted by Crippen LogP contribution is -2.65. The van der Waals surface area contributed by atoms with Gasteiger partial charge in [0.15, 0.2) is 0 Å². The van der Waals surface area contributed by atoms with E-state index in [4.69, 9.17) is 36.0 Å². The standard InChI is InChI=1S/C57H77BN8O9/c1-8-9-10-35-11-14-37(15-12-35)38-16-18-39(19-17-38)52(68)65-45(32-61)55(71)66(7)50-40-20-22-47(73-26-24-60)43(29-40)42-27-36(13-21-46(42)72-25-23-59)28-44(64-51(67)33(2)62-54(50)70)53(69)63-34(3)58-74-49-31-41-30-48(56(41,4)5)57(49,6)75-58/h11-22,27,29,33-34,41,44-45,48-51,64,67H,8-10,23-26,28,30-32,59-61H2,1-7H3,(H,62,70)(H,63,69)(H,65,68). The fourth-order valence-electron chi connectivity index (χ4n) is 11.6. The summed E-state index contributed by atoms with van der Waals surface area (Å²) in [4.78, 5) is 59.1. The zero-order valence-electron chi connectivity index (χ0n) is 44.5.